The third kappa shape index (κ3) is 5.72. The Hall–Kier alpha value is -2.13. The first-order valence-electron chi connectivity index (χ1n) is 10.3. The number of likely N-dealkylation sites (tertiary alicyclic amines) is 1. The highest BCUT2D eigenvalue weighted by molar-refractivity contribution is 5.87. The molecule has 1 aromatic carbocycles. The summed E-state index contributed by atoms with van der Waals surface area (Å²) >= 11 is 0. The minimum atomic E-state index is -5.08. The Morgan fingerprint density at radius 1 is 1.13 bits per heavy atom. The Kier molecular flexibility index (Phi) is 7.02. The lowest BCUT2D eigenvalue weighted by atomic mass is 9.82. The van der Waals surface area contributed by atoms with Gasteiger partial charge >= 0.3 is 12.1 Å². The van der Waals surface area contributed by atoms with Crippen LogP contribution in [0.4, 0.5) is 13.2 Å². The van der Waals surface area contributed by atoms with Gasteiger partial charge in [0.05, 0.1) is 0 Å². The van der Waals surface area contributed by atoms with Crippen LogP contribution in [0.25, 0.3) is 0 Å². The Bertz CT molecular complexity index is 730. The maximum absolute atomic E-state index is 12.7. The molecule has 2 aliphatic heterocycles. The summed E-state index contributed by atoms with van der Waals surface area (Å²) in [5.41, 5.74) is 1.14. The van der Waals surface area contributed by atoms with Crippen molar-refractivity contribution in [2.75, 3.05) is 32.7 Å². The third-order valence-corrected chi connectivity index (χ3v) is 6.05. The van der Waals surface area contributed by atoms with Gasteiger partial charge in [0.15, 0.2) is 0 Å². The van der Waals surface area contributed by atoms with E-state index in [-0.39, 0.29) is 11.4 Å². The molecule has 0 bridgehead atoms. The van der Waals surface area contributed by atoms with E-state index in [2.05, 4.69) is 45.4 Å². The number of piperazine rings is 1. The Balaban J connectivity index is 0.000000318. The van der Waals surface area contributed by atoms with Gasteiger partial charge in [-0.1, -0.05) is 30.3 Å². The number of carbonyl (C=O) groups is 2. The Morgan fingerprint density at radius 3 is 2.27 bits per heavy atom. The van der Waals surface area contributed by atoms with E-state index < -0.39 is 12.1 Å². The van der Waals surface area contributed by atoms with E-state index in [1.54, 1.807) is 0 Å². The van der Waals surface area contributed by atoms with E-state index in [9.17, 15) is 18.0 Å². The zero-order chi connectivity index (χ0) is 21.8. The van der Waals surface area contributed by atoms with Gasteiger partial charge < -0.3 is 10.4 Å². The van der Waals surface area contributed by atoms with Crippen LogP contribution in [0.5, 0.6) is 0 Å². The van der Waals surface area contributed by atoms with Gasteiger partial charge in [-0.25, -0.2) is 4.79 Å². The van der Waals surface area contributed by atoms with Gasteiger partial charge in [-0.05, 0) is 37.2 Å². The number of nitrogens with one attached hydrogen (secondary N) is 1. The molecule has 2 saturated heterocycles. The molecule has 1 saturated carbocycles. The molecule has 0 unspecified atom stereocenters. The minimum Gasteiger partial charge on any atom is -0.475 e. The van der Waals surface area contributed by atoms with Crippen molar-refractivity contribution in [1.82, 2.24) is 15.1 Å². The van der Waals surface area contributed by atoms with Gasteiger partial charge in [-0.15, -0.1) is 0 Å². The zero-order valence-corrected chi connectivity index (χ0v) is 16.8. The molecule has 9 heteroatoms. The smallest absolute Gasteiger partial charge is 0.475 e. The van der Waals surface area contributed by atoms with Crippen LogP contribution in [0, 0.1) is 5.92 Å². The topological polar surface area (TPSA) is 72.9 Å². The molecule has 3 fully saturated rings. The third-order valence-electron chi connectivity index (χ3n) is 6.05. The summed E-state index contributed by atoms with van der Waals surface area (Å²) in [7, 11) is 0. The molecule has 0 radical (unpaired) electrons. The van der Waals surface area contributed by atoms with Crippen LogP contribution in [0.15, 0.2) is 30.3 Å². The number of rotatable bonds is 4. The molecule has 1 spiro atoms. The Morgan fingerprint density at radius 2 is 1.73 bits per heavy atom. The monoisotopic (exact) mass is 427 g/mol. The normalized spacial score (nSPS) is 22.2. The minimum absolute atomic E-state index is 0.228. The summed E-state index contributed by atoms with van der Waals surface area (Å²) < 4.78 is 31.7. The molecule has 2 heterocycles. The lowest BCUT2D eigenvalue weighted by Crippen LogP contribution is -2.68. The van der Waals surface area contributed by atoms with Gasteiger partial charge in [0.1, 0.15) is 5.54 Å². The standard InChI is InChI=1S/C19H27N3O.C2HF3O2/c23-18-19(22(13-10-20-18)15-17-6-7-17)8-11-21(12-9-19)14-16-4-2-1-3-5-16;3-2(4,5)1(6)7/h1-5,17H,6-15H2,(H,20,23);(H,6,7). The summed E-state index contributed by atoms with van der Waals surface area (Å²) in [6.45, 7) is 6.02. The fourth-order valence-corrected chi connectivity index (χ4v) is 4.17. The number of benzene rings is 1. The average Bonchev–Trinajstić information content (AvgIpc) is 3.52. The summed E-state index contributed by atoms with van der Waals surface area (Å²) in [6, 6.07) is 10.7. The second kappa shape index (κ2) is 9.34. The van der Waals surface area contributed by atoms with Crippen LogP contribution < -0.4 is 5.32 Å². The summed E-state index contributed by atoms with van der Waals surface area (Å²) in [6.07, 6.45) is -0.431. The lowest BCUT2D eigenvalue weighted by Gasteiger charge is -2.50. The van der Waals surface area contributed by atoms with Crippen molar-refractivity contribution < 1.29 is 27.9 Å². The highest BCUT2D eigenvalue weighted by Gasteiger charge is 2.49. The maximum Gasteiger partial charge on any atom is 0.490 e. The molecular formula is C21H28F3N3O3. The Labute approximate surface area is 174 Å². The first-order valence-corrected chi connectivity index (χ1v) is 10.3. The molecule has 2 N–H and O–H groups in total. The van der Waals surface area contributed by atoms with E-state index in [4.69, 9.17) is 9.90 Å². The summed E-state index contributed by atoms with van der Waals surface area (Å²) in [5, 5.41) is 10.3. The number of carboxylic acid groups (broad SMARTS) is 1. The van der Waals surface area contributed by atoms with Gasteiger partial charge in [-0.3, -0.25) is 14.6 Å². The second-order valence-electron chi connectivity index (χ2n) is 8.24. The number of hydrogen-bond acceptors (Lipinski definition) is 4. The molecule has 3 aliphatic rings. The molecule has 1 aliphatic carbocycles. The van der Waals surface area contributed by atoms with Crippen molar-refractivity contribution in [2.45, 2.75) is 43.9 Å². The van der Waals surface area contributed by atoms with Gasteiger partial charge in [0, 0.05) is 39.3 Å². The van der Waals surface area contributed by atoms with Gasteiger partial charge in [0.2, 0.25) is 5.91 Å². The van der Waals surface area contributed by atoms with Crippen LogP contribution in [-0.2, 0) is 16.1 Å². The predicted molar refractivity (Wildman–Crippen MR) is 105 cm³/mol. The first-order chi connectivity index (χ1) is 14.2. The van der Waals surface area contributed by atoms with E-state index in [0.29, 0.717) is 0 Å². The number of aliphatic carboxylic acids is 1. The molecule has 1 aromatic rings. The number of alkyl halides is 3. The highest BCUT2D eigenvalue weighted by Crippen LogP contribution is 2.37. The first kappa shape index (κ1) is 22.6. The number of piperidine rings is 1. The van der Waals surface area contributed by atoms with Crippen molar-refractivity contribution >= 4 is 11.9 Å². The number of halogens is 3. The predicted octanol–water partition coefficient (Wildman–Crippen LogP) is 2.50. The number of carboxylic acids is 1. The molecule has 6 nitrogen and oxygen atoms in total. The van der Waals surface area contributed by atoms with Crippen molar-refractivity contribution in [3.05, 3.63) is 35.9 Å². The SMILES string of the molecule is O=C(O)C(F)(F)F.O=C1NCCN(CC2CC2)C12CCN(Cc1ccccc1)CC2. The van der Waals surface area contributed by atoms with Crippen molar-refractivity contribution in [3.8, 4) is 0 Å². The number of hydrogen-bond donors (Lipinski definition) is 2. The maximum atomic E-state index is 12.7. The van der Waals surface area contributed by atoms with Crippen LogP contribution >= 0.6 is 0 Å². The van der Waals surface area contributed by atoms with E-state index in [1.807, 2.05) is 0 Å². The van der Waals surface area contributed by atoms with Crippen molar-refractivity contribution in [1.29, 1.82) is 0 Å². The van der Waals surface area contributed by atoms with Crippen LogP contribution in [-0.4, -0.2) is 71.2 Å². The highest BCUT2D eigenvalue weighted by atomic mass is 19.4. The van der Waals surface area contributed by atoms with Crippen LogP contribution in [0.1, 0.15) is 31.2 Å². The van der Waals surface area contributed by atoms with E-state index in [1.165, 1.54) is 18.4 Å². The van der Waals surface area contributed by atoms with Gasteiger partial charge in [0.25, 0.3) is 0 Å². The summed E-state index contributed by atoms with van der Waals surface area (Å²) in [5.74, 6) is -1.63. The fraction of sp³-hybridized carbons (Fsp3) is 0.619. The fourth-order valence-electron chi connectivity index (χ4n) is 4.17. The largest absolute Gasteiger partial charge is 0.490 e. The number of nitrogens with zero attached hydrogens (tertiary/aromatic N) is 2. The molecule has 0 atom stereocenters. The van der Waals surface area contributed by atoms with E-state index in [0.717, 1.165) is 58.0 Å². The number of amides is 1. The summed E-state index contributed by atoms with van der Waals surface area (Å²) in [4.78, 5) is 26.6. The molecule has 30 heavy (non-hydrogen) atoms. The molecular weight excluding hydrogens is 399 g/mol. The van der Waals surface area contributed by atoms with Crippen LogP contribution in [0.3, 0.4) is 0 Å². The molecule has 0 aromatic heterocycles. The van der Waals surface area contributed by atoms with Crippen molar-refractivity contribution in [3.63, 3.8) is 0 Å². The average molecular weight is 427 g/mol. The van der Waals surface area contributed by atoms with Crippen LogP contribution in [0.2, 0.25) is 0 Å². The zero-order valence-electron chi connectivity index (χ0n) is 16.8. The van der Waals surface area contributed by atoms with E-state index >= 15 is 0 Å². The quantitative estimate of drug-likeness (QED) is 0.773. The van der Waals surface area contributed by atoms with Gasteiger partial charge in [-0.2, -0.15) is 13.2 Å². The van der Waals surface area contributed by atoms with Crippen molar-refractivity contribution in [2.24, 2.45) is 5.92 Å². The molecule has 166 valence electrons. The number of carbonyl (C=O) groups excluding carboxylic acids is 1. The second-order valence-corrected chi connectivity index (χ2v) is 8.24. The molecule has 4 rings (SSSR count). The molecule has 1 amide bonds. The lowest BCUT2D eigenvalue weighted by molar-refractivity contribution is -0.192.